The summed E-state index contributed by atoms with van der Waals surface area (Å²) < 4.78 is 13.5. The summed E-state index contributed by atoms with van der Waals surface area (Å²) in [4.78, 5) is 9.73. The minimum Gasteiger partial charge on any atom is -0.454 e. The van der Waals surface area contributed by atoms with Gasteiger partial charge in [0.25, 0.3) is 0 Å². The van der Waals surface area contributed by atoms with E-state index in [2.05, 4.69) is 155 Å². The second-order valence-electron chi connectivity index (χ2n) is 13.2. The molecule has 0 aliphatic carbocycles. The molecule has 0 fully saturated rings. The molecule has 0 unspecified atom stereocenters. The first-order valence-corrected chi connectivity index (χ1v) is 18.1. The van der Waals surface area contributed by atoms with Crippen molar-refractivity contribution in [3.05, 3.63) is 200 Å². The fraction of sp³-hybridized carbons (Fsp3) is 0. The van der Waals surface area contributed by atoms with Crippen LogP contribution in [0.3, 0.4) is 0 Å². The SMILES string of the molecule is c1ccc(-c2nc3cc(N(c4ccccc4)c4cccc5c4oc4ccccc45)cc(N(c4ccccc4)c4ccccc4-c4ccccc4)c3o2)cc1. The standard InChI is InChI=1S/C49H33N3O2/c1-5-18-34(19-6-1)39-26-13-15-29-43(39)52(37-24-11-4-12-25-37)45-33-38(32-42-48(45)54-49(50-42)35-20-7-2-8-21-35)51(36-22-9-3-10-23-36)44-30-17-28-41-40-27-14-16-31-46(40)53-47(41)44/h1-33H. The average molecular weight is 696 g/mol. The van der Waals surface area contributed by atoms with Crippen LogP contribution in [0.25, 0.3) is 55.6 Å². The van der Waals surface area contributed by atoms with Crippen LogP contribution in [0.4, 0.5) is 34.1 Å². The predicted molar refractivity (Wildman–Crippen MR) is 222 cm³/mol. The quantitative estimate of drug-likeness (QED) is 0.158. The molecule has 0 bridgehead atoms. The molecule has 2 heterocycles. The van der Waals surface area contributed by atoms with Crippen molar-refractivity contribution in [1.29, 1.82) is 0 Å². The molecule has 10 aromatic rings. The summed E-state index contributed by atoms with van der Waals surface area (Å²) in [6, 6.07) is 68.9. The lowest BCUT2D eigenvalue weighted by Crippen LogP contribution is -2.14. The number of benzene rings is 8. The lowest BCUT2D eigenvalue weighted by molar-refractivity contribution is 0.620. The van der Waals surface area contributed by atoms with Gasteiger partial charge in [-0.3, -0.25) is 0 Å². The molecule has 8 aromatic carbocycles. The first-order chi connectivity index (χ1) is 26.8. The van der Waals surface area contributed by atoms with E-state index in [0.29, 0.717) is 11.5 Å². The Morgan fingerprint density at radius 3 is 1.69 bits per heavy atom. The number of para-hydroxylation sites is 5. The van der Waals surface area contributed by atoms with Gasteiger partial charge in [-0.2, -0.15) is 0 Å². The van der Waals surface area contributed by atoms with Crippen LogP contribution in [0.1, 0.15) is 0 Å². The summed E-state index contributed by atoms with van der Waals surface area (Å²) in [6.07, 6.45) is 0. The van der Waals surface area contributed by atoms with Crippen LogP contribution in [-0.2, 0) is 0 Å². The fourth-order valence-electron chi connectivity index (χ4n) is 7.43. The second kappa shape index (κ2) is 13.3. The number of nitrogens with zero attached hydrogens (tertiary/aromatic N) is 3. The van der Waals surface area contributed by atoms with Crippen molar-refractivity contribution in [3.8, 4) is 22.6 Å². The molecular formula is C49H33N3O2. The number of anilines is 6. The van der Waals surface area contributed by atoms with Crippen LogP contribution in [0.2, 0.25) is 0 Å². The Kier molecular flexibility index (Phi) is 7.73. The van der Waals surface area contributed by atoms with Gasteiger partial charge in [-0.1, -0.05) is 133 Å². The van der Waals surface area contributed by atoms with Crippen molar-refractivity contribution in [2.75, 3.05) is 9.80 Å². The Morgan fingerprint density at radius 2 is 0.944 bits per heavy atom. The molecule has 0 saturated heterocycles. The Labute approximate surface area is 312 Å². The van der Waals surface area contributed by atoms with E-state index in [9.17, 15) is 0 Å². The number of oxazole rings is 1. The van der Waals surface area contributed by atoms with Crippen molar-refractivity contribution in [3.63, 3.8) is 0 Å². The maximum atomic E-state index is 6.82. The van der Waals surface area contributed by atoms with Crippen LogP contribution < -0.4 is 9.80 Å². The largest absolute Gasteiger partial charge is 0.454 e. The summed E-state index contributed by atoms with van der Waals surface area (Å²) in [7, 11) is 0. The van der Waals surface area contributed by atoms with Gasteiger partial charge in [0.15, 0.2) is 11.2 Å². The van der Waals surface area contributed by atoms with Crippen molar-refractivity contribution < 1.29 is 8.83 Å². The van der Waals surface area contributed by atoms with Crippen LogP contribution in [0.5, 0.6) is 0 Å². The number of furan rings is 1. The zero-order valence-corrected chi connectivity index (χ0v) is 29.2. The summed E-state index contributed by atoms with van der Waals surface area (Å²) >= 11 is 0. The minimum absolute atomic E-state index is 0.555. The van der Waals surface area contributed by atoms with Crippen LogP contribution in [-0.4, -0.2) is 4.98 Å². The molecule has 256 valence electrons. The molecule has 2 aromatic heterocycles. The summed E-state index contributed by atoms with van der Waals surface area (Å²) in [5.41, 5.74) is 11.8. The van der Waals surface area contributed by atoms with Gasteiger partial charge < -0.3 is 18.6 Å². The van der Waals surface area contributed by atoms with Crippen LogP contribution >= 0.6 is 0 Å². The zero-order chi connectivity index (χ0) is 35.8. The van der Waals surface area contributed by atoms with Crippen LogP contribution in [0, 0.1) is 0 Å². The van der Waals surface area contributed by atoms with Gasteiger partial charge in [0, 0.05) is 33.3 Å². The molecule has 0 N–H and O–H groups in total. The molecule has 0 amide bonds. The highest BCUT2D eigenvalue weighted by Crippen LogP contribution is 2.49. The van der Waals surface area contributed by atoms with E-state index in [1.807, 2.05) is 54.6 Å². The predicted octanol–water partition coefficient (Wildman–Crippen LogP) is 14.0. The molecule has 5 nitrogen and oxygen atoms in total. The monoisotopic (exact) mass is 695 g/mol. The summed E-state index contributed by atoms with van der Waals surface area (Å²) in [5.74, 6) is 0.555. The Balaban J connectivity index is 1.29. The van der Waals surface area contributed by atoms with Crippen LogP contribution in [0.15, 0.2) is 209 Å². The molecule has 0 aliphatic heterocycles. The Hall–Kier alpha value is -7.37. The normalized spacial score (nSPS) is 11.3. The van der Waals surface area contributed by atoms with Gasteiger partial charge in [0.1, 0.15) is 11.1 Å². The van der Waals surface area contributed by atoms with Gasteiger partial charge in [0.2, 0.25) is 5.89 Å². The fourth-order valence-corrected chi connectivity index (χ4v) is 7.43. The number of hydrogen-bond acceptors (Lipinski definition) is 5. The highest BCUT2D eigenvalue weighted by atomic mass is 16.3. The van der Waals surface area contributed by atoms with E-state index in [1.165, 1.54) is 0 Å². The smallest absolute Gasteiger partial charge is 0.227 e. The van der Waals surface area contributed by atoms with E-state index in [0.717, 1.165) is 78.3 Å². The van der Waals surface area contributed by atoms with E-state index < -0.39 is 0 Å². The molecule has 10 rings (SSSR count). The maximum absolute atomic E-state index is 6.82. The second-order valence-corrected chi connectivity index (χ2v) is 13.2. The lowest BCUT2D eigenvalue weighted by atomic mass is 10.0. The highest BCUT2D eigenvalue weighted by molar-refractivity contribution is 6.11. The molecule has 0 radical (unpaired) electrons. The molecule has 0 spiro atoms. The van der Waals surface area contributed by atoms with Gasteiger partial charge in [-0.05, 0) is 72.3 Å². The molecule has 0 atom stereocenters. The van der Waals surface area contributed by atoms with E-state index in [4.69, 9.17) is 13.8 Å². The Morgan fingerprint density at radius 1 is 0.370 bits per heavy atom. The molecule has 0 saturated carbocycles. The first kappa shape index (κ1) is 31.4. The van der Waals surface area contributed by atoms with E-state index >= 15 is 0 Å². The van der Waals surface area contributed by atoms with Crippen molar-refractivity contribution in [1.82, 2.24) is 4.98 Å². The maximum Gasteiger partial charge on any atom is 0.227 e. The van der Waals surface area contributed by atoms with E-state index in [1.54, 1.807) is 0 Å². The number of rotatable bonds is 8. The number of hydrogen-bond donors (Lipinski definition) is 0. The van der Waals surface area contributed by atoms with Gasteiger partial charge in [-0.25, -0.2) is 4.98 Å². The molecule has 54 heavy (non-hydrogen) atoms. The molecular weight excluding hydrogens is 663 g/mol. The number of aromatic nitrogens is 1. The first-order valence-electron chi connectivity index (χ1n) is 18.1. The third-order valence-electron chi connectivity index (χ3n) is 9.86. The van der Waals surface area contributed by atoms with Gasteiger partial charge in [-0.15, -0.1) is 0 Å². The number of fused-ring (bicyclic) bond motifs is 4. The lowest BCUT2D eigenvalue weighted by Gasteiger charge is -2.30. The summed E-state index contributed by atoms with van der Waals surface area (Å²) in [6.45, 7) is 0. The van der Waals surface area contributed by atoms with Gasteiger partial charge in [0.05, 0.1) is 22.7 Å². The van der Waals surface area contributed by atoms with E-state index in [-0.39, 0.29) is 0 Å². The highest BCUT2D eigenvalue weighted by Gasteiger charge is 2.26. The van der Waals surface area contributed by atoms with Crippen molar-refractivity contribution in [2.24, 2.45) is 0 Å². The third-order valence-corrected chi connectivity index (χ3v) is 9.86. The average Bonchev–Trinajstić information content (AvgIpc) is 3.86. The van der Waals surface area contributed by atoms with Crippen molar-refractivity contribution >= 4 is 67.2 Å². The third kappa shape index (κ3) is 5.47. The molecule has 0 aliphatic rings. The van der Waals surface area contributed by atoms with Gasteiger partial charge >= 0.3 is 0 Å². The van der Waals surface area contributed by atoms with Crippen molar-refractivity contribution in [2.45, 2.75) is 0 Å². The topological polar surface area (TPSA) is 45.7 Å². The molecule has 5 heteroatoms. The minimum atomic E-state index is 0.555. The summed E-state index contributed by atoms with van der Waals surface area (Å²) in [5, 5.41) is 2.14. The zero-order valence-electron chi connectivity index (χ0n) is 29.2. The Bertz CT molecular complexity index is 2880.